The molecule has 1 amide bonds. The fraction of sp³-hybridized carbons (Fsp3) is 0.588. The van der Waals surface area contributed by atoms with Crippen LogP contribution in [0.25, 0.3) is 0 Å². The third-order valence-corrected chi connectivity index (χ3v) is 3.91. The number of carbonyl (C=O) groups excluding carboxylic acids is 1. The second-order valence-corrected chi connectivity index (χ2v) is 6.17. The number of hydrogen-bond acceptors (Lipinski definition) is 3. The van der Waals surface area contributed by atoms with E-state index in [-0.39, 0.29) is 18.0 Å². The Kier molecular flexibility index (Phi) is 5.76. The molecule has 2 atom stereocenters. The monoisotopic (exact) mass is 290 g/mol. The van der Waals surface area contributed by atoms with E-state index in [9.17, 15) is 4.79 Å². The fourth-order valence-corrected chi connectivity index (χ4v) is 2.85. The number of hydrogen-bond donors (Lipinski definition) is 1. The molecule has 0 saturated carbocycles. The molecule has 4 heteroatoms. The van der Waals surface area contributed by atoms with Crippen LogP contribution in [0.1, 0.15) is 38.3 Å². The number of ether oxygens (including phenoxy) is 1. The molecule has 1 aliphatic rings. The van der Waals surface area contributed by atoms with Crippen LogP contribution in [-0.2, 0) is 9.53 Å². The lowest BCUT2D eigenvalue weighted by molar-refractivity contribution is -0.140. The average molecular weight is 290 g/mol. The van der Waals surface area contributed by atoms with Crippen LogP contribution in [0.3, 0.4) is 0 Å². The van der Waals surface area contributed by atoms with Crippen LogP contribution < -0.4 is 5.73 Å². The Bertz CT molecular complexity index is 447. The van der Waals surface area contributed by atoms with Crippen LogP contribution >= 0.6 is 0 Å². The van der Waals surface area contributed by atoms with Gasteiger partial charge in [0.05, 0.1) is 19.3 Å². The van der Waals surface area contributed by atoms with Crippen molar-refractivity contribution in [1.82, 2.24) is 4.90 Å². The van der Waals surface area contributed by atoms with Crippen molar-refractivity contribution in [3.05, 3.63) is 35.9 Å². The van der Waals surface area contributed by atoms with Gasteiger partial charge in [-0.3, -0.25) is 4.79 Å². The number of carbonyl (C=O) groups is 1. The van der Waals surface area contributed by atoms with E-state index >= 15 is 0 Å². The zero-order valence-electron chi connectivity index (χ0n) is 13.0. The van der Waals surface area contributed by atoms with Gasteiger partial charge in [-0.05, 0) is 17.9 Å². The summed E-state index contributed by atoms with van der Waals surface area (Å²) in [5.41, 5.74) is 7.18. The Morgan fingerprint density at radius 1 is 1.38 bits per heavy atom. The minimum Gasteiger partial charge on any atom is -0.377 e. The molecule has 0 bridgehead atoms. The van der Waals surface area contributed by atoms with E-state index in [2.05, 4.69) is 13.8 Å². The second-order valence-electron chi connectivity index (χ2n) is 6.17. The summed E-state index contributed by atoms with van der Waals surface area (Å²) in [5.74, 6) is 0.690. The molecule has 0 aromatic heterocycles. The standard InChI is InChI=1S/C17H26N2O2/c1-13(2)10-15-12-21-9-8-19(15)17(20)11-16(18)14-6-4-3-5-7-14/h3-7,13,15-16H,8-12,18H2,1-2H3. The van der Waals surface area contributed by atoms with Gasteiger partial charge in [-0.25, -0.2) is 0 Å². The number of nitrogens with two attached hydrogens (primary N) is 1. The van der Waals surface area contributed by atoms with Gasteiger partial charge in [0.25, 0.3) is 0 Å². The maximum atomic E-state index is 12.6. The lowest BCUT2D eigenvalue weighted by Gasteiger charge is -2.37. The third kappa shape index (κ3) is 4.55. The molecule has 1 aromatic carbocycles. The van der Waals surface area contributed by atoms with Gasteiger partial charge in [-0.15, -0.1) is 0 Å². The number of nitrogens with zero attached hydrogens (tertiary/aromatic N) is 1. The van der Waals surface area contributed by atoms with Crippen molar-refractivity contribution in [2.75, 3.05) is 19.8 Å². The summed E-state index contributed by atoms with van der Waals surface area (Å²) in [5, 5.41) is 0. The highest BCUT2D eigenvalue weighted by molar-refractivity contribution is 5.77. The van der Waals surface area contributed by atoms with E-state index in [0.29, 0.717) is 32.1 Å². The lowest BCUT2D eigenvalue weighted by atomic mass is 10.00. The van der Waals surface area contributed by atoms with Gasteiger partial charge in [0, 0.05) is 19.0 Å². The Hall–Kier alpha value is -1.39. The largest absolute Gasteiger partial charge is 0.377 e. The molecule has 2 unspecified atom stereocenters. The second kappa shape index (κ2) is 7.57. The molecule has 0 spiro atoms. The first-order valence-corrected chi connectivity index (χ1v) is 7.75. The van der Waals surface area contributed by atoms with Crippen molar-refractivity contribution >= 4 is 5.91 Å². The molecule has 1 aliphatic heterocycles. The number of morpholine rings is 1. The first-order valence-electron chi connectivity index (χ1n) is 7.75. The average Bonchev–Trinajstić information content (AvgIpc) is 2.48. The zero-order chi connectivity index (χ0) is 15.2. The Morgan fingerprint density at radius 3 is 2.76 bits per heavy atom. The van der Waals surface area contributed by atoms with Crippen molar-refractivity contribution in [3.63, 3.8) is 0 Å². The van der Waals surface area contributed by atoms with E-state index in [4.69, 9.17) is 10.5 Å². The first-order chi connectivity index (χ1) is 10.1. The zero-order valence-corrected chi connectivity index (χ0v) is 13.0. The molecule has 1 saturated heterocycles. The topological polar surface area (TPSA) is 55.6 Å². The van der Waals surface area contributed by atoms with Crippen LogP contribution in [0.2, 0.25) is 0 Å². The maximum absolute atomic E-state index is 12.6. The Labute approximate surface area is 127 Å². The minimum absolute atomic E-state index is 0.139. The molecule has 2 rings (SSSR count). The molecular formula is C17H26N2O2. The van der Waals surface area contributed by atoms with Gasteiger partial charge < -0.3 is 15.4 Å². The number of benzene rings is 1. The van der Waals surface area contributed by atoms with Crippen LogP contribution in [0, 0.1) is 5.92 Å². The molecule has 1 heterocycles. The van der Waals surface area contributed by atoms with Crippen molar-refractivity contribution < 1.29 is 9.53 Å². The third-order valence-electron chi connectivity index (χ3n) is 3.91. The van der Waals surface area contributed by atoms with Crippen molar-refractivity contribution in [2.24, 2.45) is 11.7 Å². The molecule has 1 aromatic rings. The quantitative estimate of drug-likeness (QED) is 0.905. The van der Waals surface area contributed by atoms with Gasteiger partial charge in [0.15, 0.2) is 0 Å². The van der Waals surface area contributed by atoms with Crippen LogP contribution in [0.5, 0.6) is 0 Å². The predicted octanol–water partition coefficient (Wildman–Crippen LogP) is 2.35. The highest BCUT2D eigenvalue weighted by Crippen LogP contribution is 2.20. The SMILES string of the molecule is CC(C)CC1COCCN1C(=O)CC(N)c1ccccc1. The van der Waals surface area contributed by atoms with Crippen LogP contribution in [-0.4, -0.2) is 36.6 Å². The lowest BCUT2D eigenvalue weighted by Crippen LogP contribution is -2.49. The van der Waals surface area contributed by atoms with E-state index < -0.39 is 0 Å². The summed E-state index contributed by atoms with van der Waals surface area (Å²) in [4.78, 5) is 14.5. The number of rotatable bonds is 5. The minimum atomic E-state index is -0.235. The summed E-state index contributed by atoms with van der Waals surface area (Å²) in [6.45, 7) is 6.29. The molecule has 2 N–H and O–H groups in total. The smallest absolute Gasteiger partial charge is 0.224 e. The van der Waals surface area contributed by atoms with Crippen molar-refractivity contribution in [3.8, 4) is 0 Å². The normalized spacial score (nSPS) is 20.6. The first kappa shape index (κ1) is 16.0. The Balaban J connectivity index is 1.97. The molecule has 4 nitrogen and oxygen atoms in total. The summed E-state index contributed by atoms with van der Waals surface area (Å²) in [6.07, 6.45) is 1.34. The summed E-state index contributed by atoms with van der Waals surface area (Å²) in [6, 6.07) is 9.77. The van der Waals surface area contributed by atoms with Gasteiger partial charge in [0.1, 0.15) is 0 Å². The summed E-state index contributed by atoms with van der Waals surface area (Å²) >= 11 is 0. The van der Waals surface area contributed by atoms with E-state index in [1.165, 1.54) is 0 Å². The predicted molar refractivity (Wildman–Crippen MR) is 83.8 cm³/mol. The van der Waals surface area contributed by atoms with E-state index in [1.807, 2.05) is 35.2 Å². The maximum Gasteiger partial charge on any atom is 0.224 e. The highest BCUT2D eigenvalue weighted by Gasteiger charge is 2.28. The van der Waals surface area contributed by atoms with Gasteiger partial charge in [-0.2, -0.15) is 0 Å². The van der Waals surface area contributed by atoms with Crippen molar-refractivity contribution in [2.45, 2.75) is 38.8 Å². The van der Waals surface area contributed by atoms with Gasteiger partial charge in [0.2, 0.25) is 5.91 Å². The van der Waals surface area contributed by atoms with Crippen LogP contribution in [0.15, 0.2) is 30.3 Å². The summed E-state index contributed by atoms with van der Waals surface area (Å²) < 4.78 is 5.53. The molecule has 0 aliphatic carbocycles. The molecule has 116 valence electrons. The van der Waals surface area contributed by atoms with E-state index in [0.717, 1.165) is 12.0 Å². The summed E-state index contributed by atoms with van der Waals surface area (Å²) in [7, 11) is 0. The van der Waals surface area contributed by atoms with Crippen molar-refractivity contribution in [1.29, 1.82) is 0 Å². The molecule has 0 radical (unpaired) electrons. The highest BCUT2D eigenvalue weighted by atomic mass is 16.5. The Morgan fingerprint density at radius 2 is 2.10 bits per heavy atom. The van der Waals surface area contributed by atoms with Gasteiger partial charge >= 0.3 is 0 Å². The molecule has 1 fully saturated rings. The molecule has 21 heavy (non-hydrogen) atoms. The van der Waals surface area contributed by atoms with Gasteiger partial charge in [-0.1, -0.05) is 44.2 Å². The van der Waals surface area contributed by atoms with E-state index in [1.54, 1.807) is 0 Å². The number of amides is 1. The fourth-order valence-electron chi connectivity index (χ4n) is 2.85. The molecular weight excluding hydrogens is 264 g/mol. The van der Waals surface area contributed by atoms with Crippen LogP contribution in [0.4, 0.5) is 0 Å².